The molecule has 0 unspecified atom stereocenters. The molecule has 12 nitrogen and oxygen atoms in total. The Kier molecular flexibility index (Phi) is 8.82. The predicted octanol–water partition coefficient (Wildman–Crippen LogP) is 6.59. The van der Waals surface area contributed by atoms with Gasteiger partial charge in [0, 0.05) is 34.2 Å². The zero-order valence-electron chi connectivity index (χ0n) is 29.6. The van der Waals surface area contributed by atoms with E-state index in [1.54, 1.807) is 36.4 Å². The smallest absolute Gasteiger partial charge is 0.166 e. The number of aldehydes is 6. The Morgan fingerprint density at radius 1 is 0.315 bits per heavy atom. The molecule has 0 atom stereocenters. The molecule has 270 valence electrons. The maximum absolute atomic E-state index is 12.0. The summed E-state index contributed by atoms with van der Waals surface area (Å²) in [5.74, 6) is 0. The lowest BCUT2D eigenvalue weighted by Crippen LogP contribution is -2.33. The van der Waals surface area contributed by atoms with Crippen molar-refractivity contribution in [3.63, 3.8) is 0 Å². The fraction of sp³-hybridized carbons (Fsp3) is 0.143. The lowest BCUT2D eigenvalue weighted by Gasteiger charge is -2.37. The van der Waals surface area contributed by atoms with E-state index < -0.39 is 16.2 Å². The third kappa shape index (κ3) is 5.55. The molecular formula is C42H36N6O6. The second-order valence-electron chi connectivity index (χ2n) is 13.8. The van der Waals surface area contributed by atoms with Crippen LogP contribution in [-0.4, -0.2) is 67.6 Å². The molecule has 0 aliphatic heterocycles. The van der Waals surface area contributed by atoms with Crippen molar-refractivity contribution in [3.8, 4) is 0 Å². The molecule has 0 radical (unpaired) electrons. The summed E-state index contributed by atoms with van der Waals surface area (Å²) in [4.78, 5) is 91.4. The minimum absolute atomic E-state index is 0.352. The summed E-state index contributed by atoms with van der Waals surface area (Å²) in [6.45, 7) is 5.92. The Labute approximate surface area is 308 Å². The van der Waals surface area contributed by atoms with Crippen LogP contribution in [0.5, 0.6) is 0 Å². The molecule has 7 rings (SSSR count). The third-order valence-corrected chi connectivity index (χ3v) is 10.9. The van der Waals surface area contributed by atoms with Crippen LogP contribution in [0.2, 0.25) is 0 Å². The molecule has 7 aromatic rings. The van der Waals surface area contributed by atoms with Crippen LogP contribution < -0.4 is 0 Å². The number of rotatable bonds is 15. The van der Waals surface area contributed by atoms with Crippen molar-refractivity contribution in [1.29, 1.82) is 0 Å². The highest BCUT2D eigenvalue weighted by atomic mass is 16.1. The van der Waals surface area contributed by atoms with E-state index in [9.17, 15) is 28.8 Å². The largest absolute Gasteiger partial charge is 0.355 e. The van der Waals surface area contributed by atoms with Gasteiger partial charge in [-0.25, -0.2) is 0 Å². The SMILES string of the molecule is CC(c1cc(C(C)(c2ccc(C=O)[nH]2)c2ccc(C=O)[nH]2)cc(C(C)(c2ccc(C=O)[nH]2)c2ccc(C=O)[nH]2)c1)(c1ccc(C=O)[nH]1)c1ccc(C=O)[nH]1. The van der Waals surface area contributed by atoms with Gasteiger partial charge in [-0.15, -0.1) is 0 Å². The molecular weight excluding hydrogens is 684 g/mol. The molecule has 6 N–H and O–H groups in total. The standard InChI is InChI=1S/C42H36N6O6/c1-40(34-10-4-28(19-49)43-34,35-11-5-29(20-50)44-35)25-16-26(41(2,36-12-6-30(21-51)45-36)37-13-7-31(22-52)46-37)18-27(17-25)42(3,38-14-8-32(23-53)47-38)39-15-9-33(24-54)48-39/h4-24,43-48H,1-3H3. The molecule has 1 aromatic carbocycles. The van der Waals surface area contributed by atoms with Crippen molar-refractivity contribution < 1.29 is 28.8 Å². The molecule has 0 aliphatic rings. The average Bonchev–Trinajstić information content (AvgIpc) is 4.06. The number of hydrogen-bond acceptors (Lipinski definition) is 6. The normalized spacial score (nSPS) is 12.1. The first-order valence-corrected chi connectivity index (χ1v) is 17.1. The monoisotopic (exact) mass is 720 g/mol. The van der Waals surface area contributed by atoms with Crippen molar-refractivity contribution in [3.05, 3.63) is 176 Å². The summed E-state index contributed by atoms with van der Waals surface area (Å²) < 4.78 is 0. The molecule has 12 heteroatoms. The summed E-state index contributed by atoms with van der Waals surface area (Å²) in [6, 6.07) is 27.1. The van der Waals surface area contributed by atoms with Crippen molar-refractivity contribution in [2.75, 3.05) is 0 Å². The van der Waals surface area contributed by atoms with Crippen molar-refractivity contribution in [1.82, 2.24) is 29.9 Å². The van der Waals surface area contributed by atoms with Crippen molar-refractivity contribution in [2.45, 2.75) is 37.0 Å². The van der Waals surface area contributed by atoms with Crippen LogP contribution in [0.1, 0.15) is 135 Å². The first kappa shape index (κ1) is 35.3. The van der Waals surface area contributed by atoms with E-state index in [-0.39, 0.29) is 0 Å². The Morgan fingerprint density at radius 3 is 0.611 bits per heavy atom. The van der Waals surface area contributed by atoms with Gasteiger partial charge in [-0.05, 0) is 110 Å². The highest BCUT2D eigenvalue weighted by Crippen LogP contribution is 2.47. The van der Waals surface area contributed by atoms with E-state index in [1.165, 1.54) is 0 Å². The molecule has 54 heavy (non-hydrogen) atoms. The van der Waals surface area contributed by atoms with Crippen molar-refractivity contribution in [2.24, 2.45) is 0 Å². The van der Waals surface area contributed by atoms with Crippen LogP contribution in [0.4, 0.5) is 0 Å². The molecule has 0 amide bonds. The maximum Gasteiger partial charge on any atom is 0.166 e. The Balaban J connectivity index is 1.63. The Bertz CT molecular complexity index is 2120. The molecule has 0 saturated carbocycles. The van der Waals surface area contributed by atoms with Gasteiger partial charge >= 0.3 is 0 Å². The van der Waals surface area contributed by atoms with E-state index in [4.69, 9.17) is 0 Å². The van der Waals surface area contributed by atoms with Crippen LogP contribution in [0.25, 0.3) is 0 Å². The zero-order valence-corrected chi connectivity index (χ0v) is 29.6. The predicted molar refractivity (Wildman–Crippen MR) is 200 cm³/mol. The fourth-order valence-corrected chi connectivity index (χ4v) is 7.50. The number of benzene rings is 1. The lowest BCUT2D eigenvalue weighted by molar-refractivity contribution is 0.111. The maximum atomic E-state index is 12.0. The fourth-order valence-electron chi connectivity index (χ4n) is 7.50. The lowest BCUT2D eigenvalue weighted by atomic mass is 9.67. The molecule has 0 fully saturated rings. The second kappa shape index (κ2) is 13.5. The number of hydrogen-bond donors (Lipinski definition) is 6. The topological polar surface area (TPSA) is 197 Å². The van der Waals surface area contributed by atoms with Gasteiger partial charge in [-0.2, -0.15) is 0 Å². The van der Waals surface area contributed by atoms with E-state index in [0.29, 0.717) is 68.3 Å². The number of H-pyrrole nitrogens is 6. The van der Waals surface area contributed by atoms with Gasteiger partial charge in [-0.3, -0.25) is 28.8 Å². The third-order valence-electron chi connectivity index (χ3n) is 10.9. The van der Waals surface area contributed by atoms with Gasteiger partial charge < -0.3 is 29.9 Å². The van der Waals surface area contributed by atoms with Crippen LogP contribution in [0.3, 0.4) is 0 Å². The molecule has 0 saturated heterocycles. The van der Waals surface area contributed by atoms with E-state index >= 15 is 0 Å². The summed E-state index contributed by atoms with van der Waals surface area (Å²) in [5.41, 5.74) is 4.98. The number of aromatic amines is 6. The number of carbonyl (C=O) groups is 6. The van der Waals surface area contributed by atoms with Gasteiger partial charge in [0.15, 0.2) is 37.7 Å². The number of nitrogens with one attached hydrogen (secondary N) is 6. The van der Waals surface area contributed by atoms with Crippen LogP contribution >= 0.6 is 0 Å². The summed E-state index contributed by atoms with van der Waals surface area (Å²) in [7, 11) is 0. The highest BCUT2D eigenvalue weighted by molar-refractivity contribution is 5.76. The first-order chi connectivity index (χ1) is 26.0. The molecule has 0 spiro atoms. The van der Waals surface area contributed by atoms with Crippen LogP contribution in [0.15, 0.2) is 91.0 Å². The van der Waals surface area contributed by atoms with Gasteiger partial charge in [0.05, 0.1) is 50.4 Å². The van der Waals surface area contributed by atoms with E-state index in [2.05, 4.69) is 29.9 Å². The average molecular weight is 721 g/mol. The molecule has 0 bridgehead atoms. The zero-order chi connectivity index (χ0) is 38.3. The van der Waals surface area contributed by atoms with Gasteiger partial charge in [0.25, 0.3) is 0 Å². The summed E-state index contributed by atoms with van der Waals surface area (Å²) in [6.07, 6.45) is 4.35. The molecule has 6 aromatic heterocycles. The van der Waals surface area contributed by atoms with Gasteiger partial charge in [0.2, 0.25) is 0 Å². The molecule has 0 aliphatic carbocycles. The minimum atomic E-state index is -1.06. The van der Waals surface area contributed by atoms with Crippen molar-refractivity contribution >= 4 is 37.7 Å². The minimum Gasteiger partial charge on any atom is -0.355 e. The molecule has 6 heterocycles. The second-order valence-corrected chi connectivity index (χ2v) is 13.8. The Morgan fingerprint density at radius 2 is 0.481 bits per heavy atom. The summed E-state index contributed by atoms with van der Waals surface area (Å²) in [5, 5.41) is 0. The quantitative estimate of drug-likeness (QED) is 0.0646. The highest BCUT2D eigenvalue weighted by Gasteiger charge is 2.42. The van der Waals surface area contributed by atoms with E-state index in [0.717, 1.165) is 54.4 Å². The number of carbonyl (C=O) groups excluding carboxylic acids is 6. The summed E-state index contributed by atoms with van der Waals surface area (Å²) >= 11 is 0. The Hall–Kier alpha value is -7.08. The number of aromatic nitrogens is 6. The van der Waals surface area contributed by atoms with Crippen LogP contribution in [0, 0.1) is 0 Å². The van der Waals surface area contributed by atoms with Gasteiger partial charge in [0.1, 0.15) is 0 Å². The van der Waals surface area contributed by atoms with E-state index in [1.807, 2.05) is 75.4 Å². The van der Waals surface area contributed by atoms with Gasteiger partial charge in [-0.1, -0.05) is 18.2 Å². The van der Waals surface area contributed by atoms with Crippen LogP contribution in [-0.2, 0) is 16.2 Å². The first-order valence-electron chi connectivity index (χ1n) is 17.1.